The average Bonchev–Trinajstić information content (AvgIpc) is 2.91. The molecule has 0 aromatic carbocycles. The molecule has 17 heavy (non-hydrogen) atoms. The predicted molar refractivity (Wildman–Crippen MR) is 70.3 cm³/mol. The van der Waals surface area contributed by atoms with Gasteiger partial charge in [-0.25, -0.2) is 0 Å². The van der Waals surface area contributed by atoms with E-state index in [-0.39, 0.29) is 12.1 Å². The molecule has 1 fully saturated rings. The van der Waals surface area contributed by atoms with Crippen LogP contribution in [0.25, 0.3) is 0 Å². The molecule has 1 aromatic heterocycles. The fourth-order valence-electron chi connectivity index (χ4n) is 2.10. The van der Waals surface area contributed by atoms with Crippen molar-refractivity contribution in [2.75, 3.05) is 19.8 Å². The topological polar surface area (TPSA) is 44.5 Å². The van der Waals surface area contributed by atoms with Crippen LogP contribution >= 0.6 is 11.3 Å². The van der Waals surface area contributed by atoms with Gasteiger partial charge in [0, 0.05) is 23.4 Å². The minimum Gasteiger partial charge on any atom is -0.381 e. The summed E-state index contributed by atoms with van der Waals surface area (Å²) in [6.45, 7) is 6.58. The van der Waals surface area contributed by atoms with Crippen molar-refractivity contribution in [1.29, 1.82) is 0 Å². The first-order chi connectivity index (χ1) is 8.18. The Kier molecular flexibility index (Phi) is 4.56. The highest BCUT2D eigenvalue weighted by atomic mass is 32.1. The van der Waals surface area contributed by atoms with Crippen LogP contribution in [0.3, 0.4) is 0 Å². The summed E-state index contributed by atoms with van der Waals surface area (Å²) in [4.78, 5) is 1.26. The summed E-state index contributed by atoms with van der Waals surface area (Å²) in [5.74, 6) is 0.538. The van der Waals surface area contributed by atoms with E-state index < -0.39 is 0 Å². The first kappa shape index (κ1) is 13.0. The molecule has 2 heterocycles. The average molecular weight is 255 g/mol. The van der Waals surface area contributed by atoms with Crippen LogP contribution in [-0.2, 0) is 9.47 Å². The Morgan fingerprint density at radius 2 is 2.47 bits per heavy atom. The minimum absolute atomic E-state index is 0.0228. The first-order valence-corrected chi connectivity index (χ1v) is 7.05. The zero-order chi connectivity index (χ0) is 12.3. The molecule has 0 spiro atoms. The maximum atomic E-state index is 6.03. The van der Waals surface area contributed by atoms with Crippen LogP contribution in [0.4, 0.5) is 0 Å². The first-order valence-electron chi connectivity index (χ1n) is 6.17. The summed E-state index contributed by atoms with van der Waals surface area (Å²) >= 11 is 1.73. The highest BCUT2D eigenvalue weighted by molar-refractivity contribution is 7.10. The number of hydrogen-bond donors (Lipinski definition) is 1. The number of hydrogen-bond acceptors (Lipinski definition) is 4. The van der Waals surface area contributed by atoms with Gasteiger partial charge in [0.25, 0.3) is 0 Å². The summed E-state index contributed by atoms with van der Waals surface area (Å²) in [5, 5.41) is 2.10. The quantitative estimate of drug-likeness (QED) is 0.879. The van der Waals surface area contributed by atoms with Crippen molar-refractivity contribution < 1.29 is 9.47 Å². The van der Waals surface area contributed by atoms with Crippen molar-refractivity contribution in [3.8, 4) is 0 Å². The van der Waals surface area contributed by atoms with E-state index in [1.54, 1.807) is 11.3 Å². The SMILES string of the molecule is Cc1ccsc1C(OCC1CCOC1)C(C)N. The number of thiophene rings is 1. The van der Waals surface area contributed by atoms with Gasteiger partial charge in [-0.15, -0.1) is 11.3 Å². The molecule has 0 amide bonds. The van der Waals surface area contributed by atoms with Crippen molar-refractivity contribution in [2.24, 2.45) is 11.7 Å². The second kappa shape index (κ2) is 5.96. The van der Waals surface area contributed by atoms with E-state index in [2.05, 4.69) is 18.4 Å². The Morgan fingerprint density at radius 1 is 1.65 bits per heavy atom. The fraction of sp³-hybridized carbons (Fsp3) is 0.692. The molecule has 0 bridgehead atoms. The summed E-state index contributed by atoms with van der Waals surface area (Å²) in [7, 11) is 0. The summed E-state index contributed by atoms with van der Waals surface area (Å²) in [5.41, 5.74) is 7.31. The van der Waals surface area contributed by atoms with Gasteiger partial charge < -0.3 is 15.2 Å². The van der Waals surface area contributed by atoms with Crippen molar-refractivity contribution in [3.05, 3.63) is 21.9 Å². The second-order valence-corrected chi connectivity index (χ2v) is 5.76. The molecule has 3 nitrogen and oxygen atoms in total. The predicted octanol–water partition coefficient (Wildman–Crippen LogP) is 2.50. The molecule has 1 saturated heterocycles. The van der Waals surface area contributed by atoms with Gasteiger partial charge >= 0.3 is 0 Å². The molecule has 1 aliphatic rings. The molecule has 1 aliphatic heterocycles. The van der Waals surface area contributed by atoms with Crippen LogP contribution < -0.4 is 5.73 Å². The standard InChI is InChI=1S/C13H21NO2S/c1-9-4-6-17-13(9)12(10(2)14)16-8-11-3-5-15-7-11/h4,6,10-12H,3,5,7-8,14H2,1-2H3. The van der Waals surface area contributed by atoms with Crippen LogP contribution in [0, 0.1) is 12.8 Å². The molecule has 0 radical (unpaired) electrons. The van der Waals surface area contributed by atoms with E-state index in [0.717, 1.165) is 26.2 Å². The smallest absolute Gasteiger partial charge is 0.107 e. The van der Waals surface area contributed by atoms with Gasteiger partial charge in [0.15, 0.2) is 0 Å². The monoisotopic (exact) mass is 255 g/mol. The summed E-state index contributed by atoms with van der Waals surface area (Å²) < 4.78 is 11.4. The Labute approximate surface area is 107 Å². The van der Waals surface area contributed by atoms with E-state index in [0.29, 0.717) is 5.92 Å². The maximum absolute atomic E-state index is 6.03. The normalized spacial score (nSPS) is 23.8. The molecular formula is C13H21NO2S. The lowest BCUT2D eigenvalue weighted by Crippen LogP contribution is -2.28. The number of nitrogens with two attached hydrogens (primary N) is 1. The van der Waals surface area contributed by atoms with Crippen LogP contribution in [0.5, 0.6) is 0 Å². The Morgan fingerprint density at radius 3 is 3.00 bits per heavy atom. The van der Waals surface area contributed by atoms with Gasteiger partial charge in [-0.1, -0.05) is 0 Å². The third kappa shape index (κ3) is 3.28. The molecule has 3 unspecified atom stereocenters. The fourth-order valence-corrected chi connectivity index (χ4v) is 3.19. The zero-order valence-electron chi connectivity index (χ0n) is 10.5. The number of ether oxygens (including phenoxy) is 2. The van der Waals surface area contributed by atoms with Gasteiger partial charge in [-0.2, -0.15) is 0 Å². The highest BCUT2D eigenvalue weighted by Gasteiger charge is 2.23. The van der Waals surface area contributed by atoms with E-state index >= 15 is 0 Å². The molecule has 2 N–H and O–H groups in total. The third-order valence-corrected chi connectivity index (χ3v) is 4.25. The maximum Gasteiger partial charge on any atom is 0.107 e. The second-order valence-electron chi connectivity index (χ2n) is 4.81. The van der Waals surface area contributed by atoms with Gasteiger partial charge in [-0.3, -0.25) is 0 Å². The third-order valence-electron chi connectivity index (χ3n) is 3.17. The van der Waals surface area contributed by atoms with Crippen molar-refractivity contribution >= 4 is 11.3 Å². The van der Waals surface area contributed by atoms with Gasteiger partial charge in [0.05, 0.1) is 13.2 Å². The zero-order valence-corrected chi connectivity index (χ0v) is 11.3. The van der Waals surface area contributed by atoms with Gasteiger partial charge in [0.1, 0.15) is 6.10 Å². The van der Waals surface area contributed by atoms with Crippen LogP contribution in [0.2, 0.25) is 0 Å². The lowest BCUT2D eigenvalue weighted by molar-refractivity contribution is 0.0152. The van der Waals surface area contributed by atoms with Crippen LogP contribution in [-0.4, -0.2) is 25.9 Å². The van der Waals surface area contributed by atoms with E-state index in [1.165, 1.54) is 10.4 Å². The largest absolute Gasteiger partial charge is 0.381 e. The number of aryl methyl sites for hydroxylation is 1. The van der Waals surface area contributed by atoms with E-state index in [9.17, 15) is 0 Å². The van der Waals surface area contributed by atoms with Crippen molar-refractivity contribution in [1.82, 2.24) is 0 Å². The highest BCUT2D eigenvalue weighted by Crippen LogP contribution is 2.29. The lowest BCUT2D eigenvalue weighted by atomic mass is 10.1. The van der Waals surface area contributed by atoms with Crippen molar-refractivity contribution in [2.45, 2.75) is 32.4 Å². The van der Waals surface area contributed by atoms with E-state index in [1.807, 2.05) is 6.92 Å². The summed E-state index contributed by atoms with van der Waals surface area (Å²) in [6, 6.07) is 2.15. The number of rotatable bonds is 5. The molecule has 4 heteroatoms. The molecule has 96 valence electrons. The molecule has 0 aliphatic carbocycles. The van der Waals surface area contributed by atoms with Crippen LogP contribution in [0.1, 0.15) is 29.9 Å². The van der Waals surface area contributed by atoms with E-state index in [4.69, 9.17) is 15.2 Å². The Bertz CT molecular complexity index is 345. The molecule has 1 aromatic rings. The van der Waals surface area contributed by atoms with Gasteiger partial charge in [0.2, 0.25) is 0 Å². The van der Waals surface area contributed by atoms with Gasteiger partial charge in [-0.05, 0) is 37.3 Å². The molecule has 2 rings (SSSR count). The molecule has 0 saturated carbocycles. The van der Waals surface area contributed by atoms with Crippen LogP contribution in [0.15, 0.2) is 11.4 Å². The Hall–Kier alpha value is -0.420. The lowest BCUT2D eigenvalue weighted by Gasteiger charge is -2.22. The minimum atomic E-state index is 0.0228. The summed E-state index contributed by atoms with van der Waals surface area (Å²) in [6.07, 6.45) is 1.13. The molecule has 3 atom stereocenters. The Balaban J connectivity index is 1.95. The molecular weight excluding hydrogens is 234 g/mol. The van der Waals surface area contributed by atoms with Crippen molar-refractivity contribution in [3.63, 3.8) is 0 Å².